The summed E-state index contributed by atoms with van der Waals surface area (Å²) in [6, 6.07) is 0. The zero-order valence-electron chi connectivity index (χ0n) is 15.3. The molecule has 1 nitrogen and oxygen atoms in total. The van der Waals surface area contributed by atoms with Crippen LogP contribution in [0.3, 0.4) is 0 Å². The topological polar surface area (TPSA) is 15.8 Å². The van der Waals surface area contributed by atoms with Crippen LogP contribution in [0.4, 0.5) is 0 Å². The van der Waals surface area contributed by atoms with Crippen LogP contribution in [-0.2, 0) is 0 Å². The van der Waals surface area contributed by atoms with Crippen molar-refractivity contribution in [2.24, 2.45) is 22.7 Å². The van der Waals surface area contributed by atoms with E-state index in [4.69, 9.17) is 0 Å². The van der Waals surface area contributed by atoms with Gasteiger partial charge in [-0.3, -0.25) is 0 Å². The summed E-state index contributed by atoms with van der Waals surface area (Å²) in [5.74, 6) is 1.16. The maximum absolute atomic E-state index is 3.61. The molecule has 2 aliphatic rings. The Morgan fingerprint density at radius 2 is 1.00 bits per heavy atom. The van der Waals surface area contributed by atoms with Gasteiger partial charge in [-0.05, 0) is 24.0 Å². The molecule has 1 heterocycles. The Morgan fingerprint density at radius 1 is 0.652 bits per heavy atom. The standard InChI is InChI=1S/C22H29N/c1-15(2)21(5)11-7-17-18-8-12-22(6,16(3)4)14-10-20(18)23-19(17)9-13-21/h7-16,23H,1-6H3. The first-order chi connectivity index (χ1) is 10.8. The van der Waals surface area contributed by atoms with Crippen LogP contribution in [0.15, 0.2) is 24.3 Å². The number of nitrogens with one attached hydrogen (secondary N) is 1. The van der Waals surface area contributed by atoms with E-state index in [9.17, 15) is 0 Å². The van der Waals surface area contributed by atoms with Crippen molar-refractivity contribution in [1.29, 1.82) is 0 Å². The molecule has 122 valence electrons. The van der Waals surface area contributed by atoms with Crippen LogP contribution in [0, 0.1) is 22.7 Å². The third kappa shape index (κ3) is 2.67. The van der Waals surface area contributed by atoms with Gasteiger partial charge in [0.15, 0.2) is 0 Å². The van der Waals surface area contributed by atoms with Crippen molar-refractivity contribution in [2.75, 3.05) is 0 Å². The first-order valence-electron chi connectivity index (χ1n) is 8.78. The molecule has 2 atom stereocenters. The van der Waals surface area contributed by atoms with E-state index < -0.39 is 0 Å². The number of rotatable bonds is 2. The number of aromatic nitrogens is 1. The predicted octanol–water partition coefficient (Wildman–Crippen LogP) is 6.42. The monoisotopic (exact) mass is 307 g/mol. The van der Waals surface area contributed by atoms with Gasteiger partial charge in [0, 0.05) is 33.3 Å². The third-order valence-corrected chi connectivity index (χ3v) is 6.06. The molecule has 0 bridgehead atoms. The largest absolute Gasteiger partial charge is 0.355 e. The smallest absolute Gasteiger partial charge is 0.0461 e. The molecule has 2 unspecified atom stereocenters. The predicted molar refractivity (Wildman–Crippen MR) is 103 cm³/mol. The lowest BCUT2D eigenvalue weighted by molar-refractivity contribution is 0.387. The van der Waals surface area contributed by atoms with Crippen molar-refractivity contribution in [3.8, 4) is 0 Å². The van der Waals surface area contributed by atoms with Crippen molar-refractivity contribution in [1.82, 2.24) is 4.98 Å². The lowest BCUT2D eigenvalue weighted by Gasteiger charge is -2.26. The van der Waals surface area contributed by atoms with Gasteiger partial charge < -0.3 is 4.98 Å². The average molecular weight is 307 g/mol. The van der Waals surface area contributed by atoms with E-state index in [1.54, 1.807) is 0 Å². The molecule has 0 amide bonds. The van der Waals surface area contributed by atoms with Crippen LogP contribution in [0.2, 0.25) is 0 Å². The zero-order chi connectivity index (χ0) is 16.8. The van der Waals surface area contributed by atoms with E-state index in [-0.39, 0.29) is 10.8 Å². The Balaban J connectivity index is 2.07. The lowest BCUT2D eigenvalue weighted by Crippen LogP contribution is -2.16. The van der Waals surface area contributed by atoms with Crippen LogP contribution < -0.4 is 0 Å². The van der Waals surface area contributed by atoms with Crippen molar-refractivity contribution >= 4 is 24.3 Å². The fourth-order valence-corrected chi connectivity index (χ4v) is 3.12. The molecule has 0 saturated heterocycles. The van der Waals surface area contributed by atoms with Crippen molar-refractivity contribution in [2.45, 2.75) is 41.5 Å². The highest BCUT2D eigenvalue weighted by Gasteiger charge is 2.27. The Morgan fingerprint density at radius 3 is 1.35 bits per heavy atom. The molecule has 2 aliphatic carbocycles. The molecular weight excluding hydrogens is 278 g/mol. The zero-order valence-corrected chi connectivity index (χ0v) is 15.3. The van der Waals surface area contributed by atoms with Gasteiger partial charge in [-0.2, -0.15) is 0 Å². The molecule has 0 spiro atoms. The Labute approximate surface area is 140 Å². The number of H-pyrrole nitrogens is 1. The molecular formula is C22H29N. The molecule has 1 N–H and O–H groups in total. The number of hydrogen-bond acceptors (Lipinski definition) is 0. The van der Waals surface area contributed by atoms with Gasteiger partial charge in [0.25, 0.3) is 0 Å². The van der Waals surface area contributed by atoms with E-state index in [0.29, 0.717) is 11.8 Å². The summed E-state index contributed by atoms with van der Waals surface area (Å²) < 4.78 is 0. The molecule has 1 aromatic rings. The summed E-state index contributed by atoms with van der Waals surface area (Å²) in [5, 5.41) is 0. The quantitative estimate of drug-likeness (QED) is 0.649. The lowest BCUT2D eigenvalue weighted by atomic mass is 9.78. The van der Waals surface area contributed by atoms with Crippen LogP contribution in [-0.4, -0.2) is 4.98 Å². The molecule has 0 aromatic carbocycles. The minimum atomic E-state index is 0.115. The van der Waals surface area contributed by atoms with Crippen molar-refractivity contribution < 1.29 is 0 Å². The van der Waals surface area contributed by atoms with E-state index >= 15 is 0 Å². The molecule has 0 radical (unpaired) electrons. The first kappa shape index (κ1) is 16.1. The highest BCUT2D eigenvalue weighted by molar-refractivity contribution is 5.81. The van der Waals surface area contributed by atoms with Gasteiger partial charge in [-0.1, -0.05) is 78.0 Å². The summed E-state index contributed by atoms with van der Waals surface area (Å²) in [4.78, 5) is 3.61. The highest BCUT2D eigenvalue weighted by atomic mass is 14.7. The van der Waals surface area contributed by atoms with Crippen molar-refractivity contribution in [3.63, 3.8) is 0 Å². The number of fused-ring (bicyclic) bond motifs is 3. The summed E-state index contributed by atoms with van der Waals surface area (Å²) in [6.45, 7) is 13.7. The summed E-state index contributed by atoms with van der Waals surface area (Å²) in [6.07, 6.45) is 18.5. The molecule has 1 aromatic heterocycles. The maximum atomic E-state index is 3.61. The van der Waals surface area contributed by atoms with Gasteiger partial charge in [-0.25, -0.2) is 0 Å². The average Bonchev–Trinajstić information content (AvgIpc) is 2.61. The summed E-state index contributed by atoms with van der Waals surface area (Å²) in [5.41, 5.74) is 5.30. The van der Waals surface area contributed by atoms with Crippen LogP contribution >= 0.6 is 0 Å². The molecule has 3 rings (SSSR count). The first-order valence-corrected chi connectivity index (χ1v) is 8.78. The molecule has 0 fully saturated rings. The van der Waals surface area contributed by atoms with E-state index in [0.717, 1.165) is 0 Å². The van der Waals surface area contributed by atoms with Gasteiger partial charge in [-0.15, -0.1) is 0 Å². The second-order valence-electron chi connectivity index (χ2n) is 8.15. The fourth-order valence-electron chi connectivity index (χ4n) is 3.12. The molecule has 23 heavy (non-hydrogen) atoms. The summed E-state index contributed by atoms with van der Waals surface area (Å²) >= 11 is 0. The Hall–Kier alpha value is -1.76. The second-order valence-corrected chi connectivity index (χ2v) is 8.15. The van der Waals surface area contributed by atoms with Gasteiger partial charge in [0.1, 0.15) is 0 Å². The van der Waals surface area contributed by atoms with Gasteiger partial charge >= 0.3 is 0 Å². The maximum Gasteiger partial charge on any atom is 0.0461 e. The number of hydrogen-bond donors (Lipinski definition) is 1. The van der Waals surface area contributed by atoms with Crippen LogP contribution in [0.25, 0.3) is 24.3 Å². The second kappa shape index (κ2) is 5.40. The van der Waals surface area contributed by atoms with E-state index in [1.807, 2.05) is 0 Å². The molecule has 0 aliphatic heterocycles. The normalized spacial score (nSPS) is 28.9. The molecule has 0 saturated carbocycles. The number of allylic oxidation sites excluding steroid dienone is 4. The Kier molecular flexibility index (Phi) is 3.78. The van der Waals surface area contributed by atoms with Gasteiger partial charge in [0.05, 0.1) is 0 Å². The minimum Gasteiger partial charge on any atom is -0.355 e. The SMILES string of the molecule is CC(C)C1(C)C=Cc2[nH]c3c(c2C=C1)C=CC(C)(C(C)C)C=C3. The highest BCUT2D eigenvalue weighted by Crippen LogP contribution is 2.40. The van der Waals surface area contributed by atoms with Gasteiger partial charge in [0.2, 0.25) is 0 Å². The molecule has 1 heteroatoms. The van der Waals surface area contributed by atoms with E-state index in [1.165, 1.54) is 22.5 Å². The van der Waals surface area contributed by atoms with Crippen molar-refractivity contribution in [3.05, 3.63) is 46.8 Å². The minimum absolute atomic E-state index is 0.115. The Bertz CT molecular complexity index is 663. The summed E-state index contributed by atoms with van der Waals surface area (Å²) in [7, 11) is 0. The van der Waals surface area contributed by atoms with Crippen LogP contribution in [0.1, 0.15) is 64.1 Å². The van der Waals surface area contributed by atoms with Crippen LogP contribution in [0.5, 0.6) is 0 Å². The third-order valence-electron chi connectivity index (χ3n) is 6.06. The van der Waals surface area contributed by atoms with E-state index in [2.05, 4.69) is 95.1 Å². The fraction of sp³-hybridized carbons (Fsp3) is 0.455. The number of aromatic amines is 1.